The van der Waals surface area contributed by atoms with Gasteiger partial charge in [-0.05, 0) is 54.6 Å². The van der Waals surface area contributed by atoms with Gasteiger partial charge in [0, 0.05) is 42.7 Å². The van der Waals surface area contributed by atoms with Crippen LogP contribution in [-0.4, -0.2) is 31.8 Å². The molecule has 1 aromatic heterocycles. The van der Waals surface area contributed by atoms with Gasteiger partial charge in [-0.3, -0.25) is 4.79 Å². The second-order valence-corrected chi connectivity index (χ2v) is 7.16. The average molecular weight is 401 g/mol. The maximum atomic E-state index is 12.6. The van der Waals surface area contributed by atoms with Gasteiger partial charge in [-0.25, -0.2) is 4.98 Å². The Balaban J connectivity index is 1.38. The molecule has 0 fully saturated rings. The molecule has 4 aromatic rings. The van der Waals surface area contributed by atoms with Crippen LogP contribution < -0.4 is 19.7 Å². The molecule has 5 rings (SSSR count). The first-order valence-corrected chi connectivity index (χ1v) is 9.46. The summed E-state index contributed by atoms with van der Waals surface area (Å²) in [6.45, 7) is 0.169. The van der Waals surface area contributed by atoms with Crippen molar-refractivity contribution in [3.63, 3.8) is 0 Å². The number of hydrogen-bond donors (Lipinski definition) is 1. The van der Waals surface area contributed by atoms with Crippen molar-refractivity contribution in [2.24, 2.45) is 0 Å². The van der Waals surface area contributed by atoms with E-state index in [1.807, 2.05) is 49.3 Å². The summed E-state index contributed by atoms with van der Waals surface area (Å²) in [4.78, 5) is 19.2. The maximum Gasteiger partial charge on any atom is 0.255 e. The molecule has 0 spiro atoms. The van der Waals surface area contributed by atoms with Crippen molar-refractivity contribution < 1.29 is 18.7 Å². The van der Waals surface area contributed by atoms with Gasteiger partial charge in [0.1, 0.15) is 5.52 Å². The highest BCUT2D eigenvalue weighted by Gasteiger charge is 2.17. The van der Waals surface area contributed by atoms with E-state index in [1.54, 1.807) is 30.3 Å². The Labute approximate surface area is 172 Å². The predicted molar refractivity (Wildman–Crippen MR) is 114 cm³/mol. The van der Waals surface area contributed by atoms with Gasteiger partial charge >= 0.3 is 0 Å². The second-order valence-electron chi connectivity index (χ2n) is 7.16. The van der Waals surface area contributed by atoms with Crippen LogP contribution in [0, 0.1) is 0 Å². The molecule has 0 atom stereocenters. The number of rotatable bonds is 4. The first kappa shape index (κ1) is 18.1. The predicted octanol–water partition coefficient (Wildman–Crippen LogP) is 4.54. The lowest BCUT2D eigenvalue weighted by atomic mass is 10.2. The number of anilines is 2. The molecule has 1 aliphatic heterocycles. The van der Waals surface area contributed by atoms with E-state index in [2.05, 4.69) is 10.3 Å². The lowest BCUT2D eigenvalue weighted by Crippen LogP contribution is -2.11. The van der Waals surface area contributed by atoms with E-state index in [1.165, 1.54) is 0 Å². The topological polar surface area (TPSA) is 76.8 Å². The molecule has 0 saturated heterocycles. The van der Waals surface area contributed by atoms with E-state index in [0.29, 0.717) is 34.2 Å². The Morgan fingerprint density at radius 1 is 0.967 bits per heavy atom. The Morgan fingerprint density at radius 2 is 1.77 bits per heavy atom. The Kier molecular flexibility index (Phi) is 4.28. The van der Waals surface area contributed by atoms with Crippen molar-refractivity contribution in [1.29, 1.82) is 0 Å². The number of amides is 1. The summed E-state index contributed by atoms with van der Waals surface area (Å²) in [5.74, 6) is 1.50. The van der Waals surface area contributed by atoms with Crippen LogP contribution in [0.2, 0.25) is 0 Å². The number of aromatic nitrogens is 1. The fourth-order valence-electron chi connectivity index (χ4n) is 3.27. The fraction of sp³-hybridized carbons (Fsp3) is 0.130. The minimum Gasteiger partial charge on any atom is -0.454 e. The van der Waals surface area contributed by atoms with Gasteiger partial charge in [0.05, 0.1) is 0 Å². The van der Waals surface area contributed by atoms with Crippen LogP contribution >= 0.6 is 0 Å². The lowest BCUT2D eigenvalue weighted by Gasteiger charge is -2.11. The quantitative estimate of drug-likeness (QED) is 0.541. The highest BCUT2D eigenvalue weighted by molar-refractivity contribution is 6.05. The summed E-state index contributed by atoms with van der Waals surface area (Å²) in [5.41, 5.74) is 4.42. The van der Waals surface area contributed by atoms with Crippen molar-refractivity contribution in [3.05, 3.63) is 66.2 Å². The van der Waals surface area contributed by atoms with Gasteiger partial charge < -0.3 is 24.1 Å². The summed E-state index contributed by atoms with van der Waals surface area (Å²) < 4.78 is 16.5. The van der Waals surface area contributed by atoms with E-state index in [4.69, 9.17) is 13.9 Å². The molecule has 0 bridgehead atoms. The molecule has 30 heavy (non-hydrogen) atoms. The van der Waals surface area contributed by atoms with E-state index < -0.39 is 0 Å². The normalized spacial score (nSPS) is 12.2. The van der Waals surface area contributed by atoms with Gasteiger partial charge in [-0.15, -0.1) is 0 Å². The zero-order valence-electron chi connectivity index (χ0n) is 16.5. The van der Waals surface area contributed by atoms with E-state index in [0.717, 1.165) is 16.8 Å². The largest absolute Gasteiger partial charge is 0.454 e. The lowest BCUT2D eigenvalue weighted by molar-refractivity contribution is 0.102. The van der Waals surface area contributed by atoms with Crippen molar-refractivity contribution in [1.82, 2.24) is 4.98 Å². The zero-order valence-corrected chi connectivity index (χ0v) is 16.5. The van der Waals surface area contributed by atoms with Gasteiger partial charge in [0.2, 0.25) is 12.7 Å². The molecular weight excluding hydrogens is 382 g/mol. The zero-order chi connectivity index (χ0) is 20.7. The van der Waals surface area contributed by atoms with Crippen LogP contribution in [0.4, 0.5) is 11.4 Å². The average Bonchev–Trinajstić information content (AvgIpc) is 3.39. The Bertz CT molecular complexity index is 1250. The third-order valence-electron chi connectivity index (χ3n) is 4.91. The fourth-order valence-corrected chi connectivity index (χ4v) is 3.27. The van der Waals surface area contributed by atoms with Crippen molar-refractivity contribution >= 4 is 28.4 Å². The van der Waals surface area contributed by atoms with Crippen LogP contribution in [-0.2, 0) is 0 Å². The van der Waals surface area contributed by atoms with E-state index >= 15 is 0 Å². The molecule has 1 amide bonds. The molecule has 150 valence electrons. The molecule has 0 aliphatic carbocycles. The van der Waals surface area contributed by atoms with Crippen LogP contribution in [0.1, 0.15) is 10.4 Å². The molecule has 0 saturated carbocycles. The molecule has 7 nitrogen and oxygen atoms in total. The number of nitrogens with zero attached hydrogens (tertiary/aromatic N) is 2. The number of benzene rings is 3. The van der Waals surface area contributed by atoms with Crippen LogP contribution in [0.5, 0.6) is 11.5 Å². The molecule has 3 aromatic carbocycles. The van der Waals surface area contributed by atoms with Crippen molar-refractivity contribution in [2.75, 3.05) is 31.1 Å². The number of carbonyl (C=O) groups is 1. The number of fused-ring (bicyclic) bond motifs is 2. The minimum absolute atomic E-state index is 0.169. The molecule has 1 aliphatic rings. The van der Waals surface area contributed by atoms with Gasteiger partial charge in [-0.2, -0.15) is 0 Å². The molecule has 0 unspecified atom stereocenters. The van der Waals surface area contributed by atoms with Gasteiger partial charge in [0.25, 0.3) is 5.91 Å². The summed E-state index contributed by atoms with van der Waals surface area (Å²) in [6.07, 6.45) is 0. The van der Waals surface area contributed by atoms with Crippen LogP contribution in [0.15, 0.2) is 65.1 Å². The Hall–Kier alpha value is -4.00. The smallest absolute Gasteiger partial charge is 0.255 e. The highest BCUT2D eigenvalue weighted by Crippen LogP contribution is 2.33. The monoisotopic (exact) mass is 401 g/mol. The van der Waals surface area contributed by atoms with Crippen molar-refractivity contribution in [3.8, 4) is 23.0 Å². The minimum atomic E-state index is -0.244. The third-order valence-corrected chi connectivity index (χ3v) is 4.91. The molecular formula is C23H19N3O4. The first-order chi connectivity index (χ1) is 14.6. The van der Waals surface area contributed by atoms with Crippen LogP contribution in [0.3, 0.4) is 0 Å². The van der Waals surface area contributed by atoms with Gasteiger partial charge in [-0.1, -0.05) is 0 Å². The highest BCUT2D eigenvalue weighted by atomic mass is 16.7. The molecule has 0 radical (unpaired) electrons. The number of carbonyl (C=O) groups excluding carboxylic acids is 1. The first-order valence-electron chi connectivity index (χ1n) is 9.46. The molecule has 7 heteroatoms. The van der Waals surface area contributed by atoms with E-state index in [-0.39, 0.29) is 12.7 Å². The number of hydrogen-bond acceptors (Lipinski definition) is 6. The second kappa shape index (κ2) is 7.11. The van der Waals surface area contributed by atoms with E-state index in [9.17, 15) is 4.79 Å². The maximum absolute atomic E-state index is 12.6. The molecule has 1 N–H and O–H groups in total. The summed E-state index contributed by atoms with van der Waals surface area (Å²) in [6, 6.07) is 18.5. The summed E-state index contributed by atoms with van der Waals surface area (Å²) in [5, 5.41) is 2.88. The number of oxazole rings is 1. The van der Waals surface area contributed by atoms with Gasteiger partial charge in [0.15, 0.2) is 17.1 Å². The number of nitrogens with one attached hydrogen (secondary N) is 1. The number of ether oxygens (including phenoxy) is 2. The van der Waals surface area contributed by atoms with Crippen molar-refractivity contribution in [2.45, 2.75) is 0 Å². The van der Waals surface area contributed by atoms with Crippen LogP contribution in [0.25, 0.3) is 22.6 Å². The summed E-state index contributed by atoms with van der Waals surface area (Å²) >= 11 is 0. The Morgan fingerprint density at radius 3 is 2.57 bits per heavy atom. The molecule has 2 heterocycles. The standard InChI is InChI=1S/C23H19N3O4/c1-26(2)17-7-3-14(4-8-17)23-25-18-9-6-16(12-20(18)30-23)24-22(27)15-5-10-19-21(11-15)29-13-28-19/h3-12H,13H2,1-2H3,(H,24,27). The summed E-state index contributed by atoms with van der Waals surface area (Å²) in [7, 11) is 3.99. The third kappa shape index (κ3) is 3.30. The SMILES string of the molecule is CN(C)c1ccc(-c2nc3ccc(NC(=O)c4ccc5c(c4)OCO5)cc3o2)cc1.